The SMILES string of the molecule is Cc1ccc(C(C(=O)NC(Cc2ccccc2)C(=O)OC(C)(C)C)N(C(=O)C(Cc2ccc(O)cc2)NC(=O)OC(C)(C)C)C(C)CCC(C)C)cc1C. The fourth-order valence-corrected chi connectivity index (χ4v) is 6.05. The summed E-state index contributed by atoms with van der Waals surface area (Å²) in [7, 11) is 0. The Balaban J connectivity index is 2.22. The second kappa shape index (κ2) is 18.9. The average Bonchev–Trinajstić information content (AvgIpc) is 3.06. The number of hydrogen-bond donors (Lipinski definition) is 3. The van der Waals surface area contributed by atoms with Crippen LogP contribution in [0.3, 0.4) is 0 Å². The summed E-state index contributed by atoms with van der Waals surface area (Å²) in [6.45, 7) is 20.5. The number of phenols is 1. The lowest BCUT2D eigenvalue weighted by Crippen LogP contribution is -2.57. The van der Waals surface area contributed by atoms with Crippen LogP contribution in [0.25, 0.3) is 0 Å². The highest BCUT2D eigenvalue weighted by molar-refractivity contribution is 5.94. The van der Waals surface area contributed by atoms with Crippen LogP contribution in [0.1, 0.15) is 109 Å². The topological polar surface area (TPSA) is 134 Å². The second-order valence-electron chi connectivity index (χ2n) is 16.7. The van der Waals surface area contributed by atoms with Crippen molar-refractivity contribution < 1.29 is 33.8 Å². The van der Waals surface area contributed by atoms with Gasteiger partial charge in [-0.05, 0) is 121 Å². The minimum Gasteiger partial charge on any atom is -0.508 e. The van der Waals surface area contributed by atoms with Gasteiger partial charge in [0.15, 0.2) is 0 Å². The lowest BCUT2D eigenvalue weighted by molar-refractivity contribution is -0.159. The number of nitrogens with zero attached hydrogens (tertiary/aromatic N) is 1. The molecule has 0 heterocycles. The number of phenolic OH excluding ortho intramolecular Hbond substituents is 1. The molecule has 4 unspecified atom stereocenters. The van der Waals surface area contributed by atoms with Gasteiger partial charge in [-0.3, -0.25) is 9.59 Å². The molecule has 10 heteroatoms. The Kier molecular flexibility index (Phi) is 15.3. The van der Waals surface area contributed by atoms with Crippen LogP contribution in [0.5, 0.6) is 5.75 Å². The number of nitrogens with one attached hydrogen (secondary N) is 2. The minimum absolute atomic E-state index is 0.0571. The molecular weight excluding hydrogens is 682 g/mol. The van der Waals surface area contributed by atoms with Gasteiger partial charge in [-0.25, -0.2) is 9.59 Å². The fourth-order valence-electron chi connectivity index (χ4n) is 6.05. The van der Waals surface area contributed by atoms with Crippen LogP contribution in [0.4, 0.5) is 4.79 Å². The summed E-state index contributed by atoms with van der Waals surface area (Å²) in [5, 5.41) is 15.8. The Morgan fingerprint density at radius 2 is 1.28 bits per heavy atom. The number of alkyl carbamates (subject to hydrolysis) is 1. The highest BCUT2D eigenvalue weighted by atomic mass is 16.6. The summed E-state index contributed by atoms with van der Waals surface area (Å²) in [5.74, 6) is -1.28. The first-order chi connectivity index (χ1) is 25.1. The van der Waals surface area contributed by atoms with E-state index in [1.54, 1.807) is 58.6 Å². The Morgan fingerprint density at radius 1 is 0.704 bits per heavy atom. The molecule has 0 radical (unpaired) electrons. The van der Waals surface area contributed by atoms with E-state index >= 15 is 4.79 Å². The summed E-state index contributed by atoms with van der Waals surface area (Å²) >= 11 is 0. The molecule has 3 aromatic carbocycles. The molecule has 0 aliphatic carbocycles. The molecule has 54 heavy (non-hydrogen) atoms. The van der Waals surface area contributed by atoms with Gasteiger partial charge >= 0.3 is 12.1 Å². The van der Waals surface area contributed by atoms with Crippen LogP contribution in [-0.2, 0) is 36.7 Å². The van der Waals surface area contributed by atoms with Gasteiger partial charge in [-0.2, -0.15) is 0 Å². The first-order valence-corrected chi connectivity index (χ1v) is 18.9. The Labute approximate surface area is 322 Å². The number of ether oxygens (including phenoxy) is 2. The highest BCUT2D eigenvalue weighted by Crippen LogP contribution is 2.30. The first-order valence-electron chi connectivity index (χ1n) is 18.9. The maximum atomic E-state index is 15.2. The van der Waals surface area contributed by atoms with Gasteiger partial charge in [-0.1, -0.05) is 74.5 Å². The van der Waals surface area contributed by atoms with E-state index in [9.17, 15) is 19.5 Å². The predicted molar refractivity (Wildman–Crippen MR) is 212 cm³/mol. The van der Waals surface area contributed by atoms with E-state index in [4.69, 9.17) is 9.47 Å². The lowest BCUT2D eigenvalue weighted by atomic mass is 9.94. The average molecular weight is 744 g/mol. The molecule has 4 atom stereocenters. The predicted octanol–water partition coefficient (Wildman–Crippen LogP) is 7.91. The zero-order chi connectivity index (χ0) is 40.4. The molecule has 0 saturated heterocycles. The molecule has 0 saturated carbocycles. The van der Waals surface area contributed by atoms with Gasteiger partial charge in [0.25, 0.3) is 0 Å². The quantitative estimate of drug-likeness (QED) is 0.135. The third-order valence-corrected chi connectivity index (χ3v) is 8.92. The molecule has 3 aromatic rings. The molecule has 0 spiro atoms. The van der Waals surface area contributed by atoms with Crippen molar-refractivity contribution in [2.24, 2.45) is 5.92 Å². The van der Waals surface area contributed by atoms with Crippen LogP contribution in [0.15, 0.2) is 72.8 Å². The normalized spacial score (nSPS) is 14.0. The number of hydrogen-bond acceptors (Lipinski definition) is 7. The standard InChI is InChI=1S/C44H61N3O7/c1-28(2)17-19-31(5)47(40(50)36(46-42(52)54-44(9,10)11)26-33-20-23-35(48)24-21-33)38(34-22-18-29(3)30(4)25-34)39(49)45-37(41(51)53-43(6,7)8)27-32-15-13-12-14-16-32/h12-16,18,20-25,28,31,36-38,48H,17,19,26-27H2,1-11H3,(H,45,49)(H,46,52). The number of rotatable bonds is 15. The Hall–Kier alpha value is -4.86. The van der Waals surface area contributed by atoms with E-state index in [0.717, 1.165) is 23.1 Å². The summed E-state index contributed by atoms with van der Waals surface area (Å²) in [6.07, 6.45) is 0.775. The van der Waals surface area contributed by atoms with Gasteiger partial charge in [-0.15, -0.1) is 0 Å². The maximum absolute atomic E-state index is 15.2. The van der Waals surface area contributed by atoms with Crippen molar-refractivity contribution >= 4 is 23.9 Å². The molecule has 0 aliphatic rings. The molecule has 0 fully saturated rings. The number of carbonyl (C=O) groups excluding carboxylic acids is 4. The van der Waals surface area contributed by atoms with Crippen molar-refractivity contribution in [1.82, 2.24) is 15.5 Å². The molecule has 3 rings (SSSR count). The monoisotopic (exact) mass is 743 g/mol. The zero-order valence-corrected chi connectivity index (χ0v) is 34.0. The van der Waals surface area contributed by atoms with Crippen LogP contribution in [0, 0.1) is 19.8 Å². The third kappa shape index (κ3) is 13.8. The first kappa shape index (κ1) is 43.5. The molecule has 0 bridgehead atoms. The van der Waals surface area contributed by atoms with Crippen LogP contribution < -0.4 is 10.6 Å². The molecule has 3 amide bonds. The van der Waals surface area contributed by atoms with Crippen molar-refractivity contribution in [3.8, 4) is 5.75 Å². The molecule has 10 nitrogen and oxygen atoms in total. The van der Waals surface area contributed by atoms with E-state index in [1.165, 1.54) is 12.1 Å². The number of aromatic hydroxyl groups is 1. The van der Waals surface area contributed by atoms with Crippen molar-refractivity contribution in [1.29, 1.82) is 0 Å². The summed E-state index contributed by atoms with van der Waals surface area (Å²) in [5.41, 5.74) is 2.35. The van der Waals surface area contributed by atoms with Gasteiger partial charge in [0, 0.05) is 18.9 Å². The number of carbonyl (C=O) groups is 4. The van der Waals surface area contributed by atoms with Crippen LogP contribution in [-0.4, -0.2) is 63.2 Å². The highest BCUT2D eigenvalue weighted by Gasteiger charge is 2.40. The molecule has 294 valence electrons. The number of amides is 3. The van der Waals surface area contributed by atoms with Gasteiger partial charge < -0.3 is 30.1 Å². The molecule has 3 N–H and O–H groups in total. The molecule has 0 aromatic heterocycles. The lowest BCUT2D eigenvalue weighted by Gasteiger charge is -2.39. The van der Waals surface area contributed by atoms with Crippen molar-refractivity contribution in [2.45, 2.75) is 137 Å². The third-order valence-electron chi connectivity index (χ3n) is 8.92. The van der Waals surface area contributed by atoms with E-state index < -0.39 is 59.2 Å². The molecular formula is C44H61N3O7. The Morgan fingerprint density at radius 3 is 1.83 bits per heavy atom. The summed E-state index contributed by atoms with van der Waals surface area (Å²) in [4.78, 5) is 58.8. The summed E-state index contributed by atoms with van der Waals surface area (Å²) < 4.78 is 11.4. The summed E-state index contributed by atoms with van der Waals surface area (Å²) in [6, 6.07) is 17.5. The Bertz CT molecular complexity index is 1710. The van der Waals surface area contributed by atoms with Gasteiger partial charge in [0.2, 0.25) is 11.8 Å². The van der Waals surface area contributed by atoms with Crippen molar-refractivity contribution in [3.05, 3.63) is 101 Å². The van der Waals surface area contributed by atoms with Gasteiger partial charge in [0.1, 0.15) is 35.1 Å². The smallest absolute Gasteiger partial charge is 0.408 e. The number of aryl methyl sites for hydroxylation is 2. The van der Waals surface area contributed by atoms with Crippen molar-refractivity contribution in [2.75, 3.05) is 0 Å². The van der Waals surface area contributed by atoms with E-state index in [-0.39, 0.29) is 18.6 Å². The second-order valence-corrected chi connectivity index (χ2v) is 16.7. The zero-order valence-electron chi connectivity index (χ0n) is 34.0. The van der Waals surface area contributed by atoms with E-state index in [2.05, 4.69) is 24.5 Å². The maximum Gasteiger partial charge on any atom is 0.408 e. The number of benzene rings is 3. The minimum atomic E-state index is -1.19. The van der Waals surface area contributed by atoms with Crippen molar-refractivity contribution in [3.63, 3.8) is 0 Å². The fraction of sp³-hybridized carbons (Fsp3) is 0.500. The number of esters is 1. The largest absolute Gasteiger partial charge is 0.508 e. The van der Waals surface area contributed by atoms with Crippen LogP contribution >= 0.6 is 0 Å². The van der Waals surface area contributed by atoms with Crippen LogP contribution in [0.2, 0.25) is 0 Å². The van der Waals surface area contributed by atoms with E-state index in [1.807, 2.05) is 69.3 Å². The molecule has 0 aliphatic heterocycles. The van der Waals surface area contributed by atoms with Gasteiger partial charge in [0.05, 0.1) is 0 Å². The van der Waals surface area contributed by atoms with E-state index in [0.29, 0.717) is 23.5 Å².